The number of rotatable bonds is 6. The molecule has 0 spiro atoms. The monoisotopic (exact) mass is 779 g/mol. The fourth-order valence-corrected chi connectivity index (χ4v) is 10.5. The van der Waals surface area contributed by atoms with Crippen molar-refractivity contribution in [2.45, 2.75) is 19.3 Å². The average molecular weight is 779 g/mol. The van der Waals surface area contributed by atoms with Gasteiger partial charge in [-0.25, -0.2) is 0 Å². The first kappa shape index (κ1) is 36.6. The van der Waals surface area contributed by atoms with Gasteiger partial charge >= 0.3 is 27.0 Å². The van der Waals surface area contributed by atoms with Gasteiger partial charge in [-0.1, -0.05) is 206 Å². The van der Waals surface area contributed by atoms with Crippen LogP contribution in [0.5, 0.6) is 0 Å². The average Bonchev–Trinajstić information content (AvgIpc) is 3.68. The quantitative estimate of drug-likeness (QED) is 0.117. The molecule has 7 aromatic carbocycles. The molecule has 0 radical (unpaired) electrons. The summed E-state index contributed by atoms with van der Waals surface area (Å²) in [6, 6.07) is 73.4. The zero-order valence-corrected chi connectivity index (χ0v) is 31.7. The first-order valence-corrected chi connectivity index (χ1v) is 21.4. The Morgan fingerprint density at radius 1 is 0.286 bits per heavy atom. The van der Waals surface area contributed by atoms with E-state index in [0.717, 1.165) is 0 Å². The smallest absolute Gasteiger partial charge is 0.0134 e. The summed E-state index contributed by atoms with van der Waals surface area (Å²) < 4.78 is 0. The summed E-state index contributed by atoms with van der Waals surface area (Å²) in [4.78, 5) is 0. The van der Waals surface area contributed by atoms with Crippen molar-refractivity contribution >= 4 is 57.4 Å². The molecule has 0 nitrogen and oxygen atoms in total. The van der Waals surface area contributed by atoms with Crippen molar-refractivity contribution in [3.8, 4) is 0 Å². The molecule has 8 rings (SSSR count). The van der Waals surface area contributed by atoms with Crippen LogP contribution in [0.4, 0.5) is 0 Å². The van der Waals surface area contributed by atoms with Crippen LogP contribution in [0.15, 0.2) is 206 Å². The van der Waals surface area contributed by atoms with Gasteiger partial charge in [0.1, 0.15) is 0 Å². The Kier molecular flexibility index (Phi) is 15.5. The van der Waals surface area contributed by atoms with Gasteiger partial charge in [0, 0.05) is 0 Å². The van der Waals surface area contributed by atoms with E-state index >= 15 is 0 Å². The molecule has 1 aliphatic rings. The predicted octanol–water partition coefficient (Wildman–Crippen LogP) is 9.75. The standard InChI is InChI=1S/2C18H15P.C9H10.ClH.Ru/c2*1-4-10-16(11-5-1)19(17-12-6-2-7-13-17)18-14-8-3-9-15-18;1-2-5-9-7-3-6-8(9)4-1;;/h2*1-15H;1-2,4-5H,3,6-7H2;1H;/q;;;;+1/p-1. The number of fused-ring (bicyclic) bond motifs is 1. The third-order valence-electron chi connectivity index (χ3n) is 8.10. The molecule has 245 valence electrons. The third kappa shape index (κ3) is 10.9. The van der Waals surface area contributed by atoms with E-state index in [-0.39, 0.29) is 0 Å². The van der Waals surface area contributed by atoms with Gasteiger partial charge in [0.25, 0.3) is 0 Å². The molecule has 0 saturated carbocycles. The van der Waals surface area contributed by atoms with Crippen LogP contribution >= 0.6 is 25.5 Å². The van der Waals surface area contributed by atoms with E-state index in [0.29, 0.717) is 0 Å². The van der Waals surface area contributed by atoms with Gasteiger partial charge in [0.15, 0.2) is 0 Å². The Balaban J connectivity index is 0.000000148. The minimum absolute atomic E-state index is 0.446. The van der Waals surface area contributed by atoms with E-state index in [4.69, 9.17) is 0 Å². The van der Waals surface area contributed by atoms with Crippen LogP contribution in [0.25, 0.3) is 0 Å². The van der Waals surface area contributed by atoms with Crippen LogP contribution in [-0.2, 0) is 30.2 Å². The molecule has 0 bridgehead atoms. The SMILES string of the molecule is [Cl][Ru].c1ccc(P(c2ccccc2)c2ccccc2)cc1.c1ccc(P(c2ccccc2)c2ccccc2)cc1.c1ccc2c(c1)CCC2. The normalized spacial score (nSPS) is 11.2. The fraction of sp³-hybridized carbons (Fsp3) is 0.0667. The summed E-state index contributed by atoms with van der Waals surface area (Å²) in [5.41, 5.74) is 3.13. The molecular formula is C45H40ClP2Ru. The minimum Gasteiger partial charge on any atom is -0.0622 e. The van der Waals surface area contributed by atoms with Crippen molar-refractivity contribution in [1.82, 2.24) is 0 Å². The van der Waals surface area contributed by atoms with Crippen molar-refractivity contribution in [3.63, 3.8) is 0 Å². The van der Waals surface area contributed by atoms with E-state index in [2.05, 4.69) is 216 Å². The van der Waals surface area contributed by atoms with E-state index in [1.54, 1.807) is 11.1 Å². The Bertz CT molecular complexity index is 1560. The second-order valence-electron chi connectivity index (χ2n) is 11.3. The minimum atomic E-state index is -0.446. The molecule has 0 atom stereocenters. The number of benzene rings is 7. The molecule has 7 aromatic rings. The van der Waals surface area contributed by atoms with E-state index in [1.165, 1.54) is 51.1 Å². The Morgan fingerprint density at radius 2 is 0.469 bits per heavy atom. The Hall–Kier alpha value is -3.69. The number of hydrogen-bond acceptors (Lipinski definition) is 0. The van der Waals surface area contributed by atoms with E-state index in [9.17, 15) is 0 Å². The molecule has 0 N–H and O–H groups in total. The summed E-state index contributed by atoms with van der Waals surface area (Å²) >= 11 is 1.82. The molecule has 0 amide bonds. The molecule has 0 saturated heterocycles. The maximum Gasteiger partial charge on any atom is -0.0134 e. The number of aryl methyl sites for hydroxylation is 2. The Morgan fingerprint density at radius 3 is 0.673 bits per heavy atom. The van der Waals surface area contributed by atoms with Gasteiger partial charge in [0.2, 0.25) is 0 Å². The van der Waals surface area contributed by atoms with Crippen LogP contribution < -0.4 is 31.8 Å². The van der Waals surface area contributed by atoms with E-state index < -0.39 is 15.8 Å². The van der Waals surface area contributed by atoms with Gasteiger partial charge < -0.3 is 0 Å². The van der Waals surface area contributed by atoms with Crippen molar-refractivity contribution < 1.29 is 17.3 Å². The molecule has 0 aliphatic heterocycles. The first-order valence-electron chi connectivity index (χ1n) is 16.5. The molecule has 4 heteroatoms. The van der Waals surface area contributed by atoms with Crippen molar-refractivity contribution in [3.05, 3.63) is 217 Å². The summed E-state index contributed by atoms with van der Waals surface area (Å²) in [5, 5.41) is 8.39. The third-order valence-corrected chi connectivity index (χ3v) is 13.0. The topological polar surface area (TPSA) is 0 Å². The van der Waals surface area contributed by atoms with Crippen molar-refractivity contribution in [2.24, 2.45) is 0 Å². The predicted molar refractivity (Wildman–Crippen MR) is 215 cm³/mol. The summed E-state index contributed by atoms with van der Waals surface area (Å²) in [6.07, 6.45) is 3.96. The first-order chi connectivity index (χ1) is 24.4. The maximum absolute atomic E-state index is 4.57. The molecule has 0 aromatic heterocycles. The van der Waals surface area contributed by atoms with Crippen LogP contribution in [0.3, 0.4) is 0 Å². The molecule has 0 fully saturated rings. The zero-order chi connectivity index (χ0) is 33.9. The van der Waals surface area contributed by atoms with Gasteiger partial charge in [-0.3, -0.25) is 0 Å². The number of hydrogen-bond donors (Lipinski definition) is 0. The van der Waals surface area contributed by atoms with Crippen molar-refractivity contribution in [1.29, 1.82) is 0 Å². The fourth-order valence-electron chi connectivity index (χ4n) is 5.87. The summed E-state index contributed by atoms with van der Waals surface area (Å²) in [7, 11) is 3.68. The van der Waals surface area contributed by atoms with Crippen LogP contribution in [0.1, 0.15) is 17.5 Å². The molecule has 1 aliphatic carbocycles. The second-order valence-corrected chi connectivity index (χ2v) is 15.7. The number of halogens is 1. The van der Waals surface area contributed by atoms with Crippen LogP contribution in [0, 0.1) is 0 Å². The molecular weight excluding hydrogens is 739 g/mol. The summed E-state index contributed by atoms with van der Waals surface area (Å²) in [5.74, 6) is 0. The van der Waals surface area contributed by atoms with Gasteiger partial charge in [0.05, 0.1) is 0 Å². The molecule has 0 heterocycles. The molecule has 0 unspecified atom stereocenters. The second kappa shape index (κ2) is 20.7. The zero-order valence-electron chi connectivity index (χ0n) is 27.4. The van der Waals surface area contributed by atoms with Gasteiger partial charge in [-0.15, -0.1) is 0 Å². The summed E-state index contributed by atoms with van der Waals surface area (Å²) in [6.45, 7) is 0. The van der Waals surface area contributed by atoms with E-state index in [1.807, 2.05) is 17.3 Å². The van der Waals surface area contributed by atoms with Gasteiger partial charge in [-0.2, -0.15) is 0 Å². The largest absolute Gasteiger partial charge is 0.0622 e. The maximum atomic E-state index is 4.57. The molecule has 49 heavy (non-hydrogen) atoms. The van der Waals surface area contributed by atoms with Crippen LogP contribution in [-0.4, -0.2) is 0 Å². The van der Waals surface area contributed by atoms with Crippen LogP contribution in [0.2, 0.25) is 0 Å². The van der Waals surface area contributed by atoms with Crippen molar-refractivity contribution in [2.75, 3.05) is 0 Å². The Labute approximate surface area is 309 Å². The van der Waals surface area contributed by atoms with Gasteiger partial charge in [-0.05, 0) is 78.1 Å².